The Morgan fingerprint density at radius 2 is 2.10 bits per heavy atom. The van der Waals surface area contributed by atoms with Crippen molar-refractivity contribution in [2.75, 3.05) is 6.54 Å². The van der Waals surface area contributed by atoms with E-state index >= 15 is 0 Å². The Hall–Kier alpha value is -1.55. The molecule has 0 aliphatic heterocycles. The monoisotopic (exact) mass is 276 g/mol. The SMILES string of the molecule is CCCNC(CC)CCCn1c(=O)oc2ccccc21. The zero-order valence-corrected chi connectivity index (χ0v) is 12.4. The Balaban J connectivity index is 1.95. The first-order valence-electron chi connectivity index (χ1n) is 7.58. The maximum atomic E-state index is 11.8. The van der Waals surface area contributed by atoms with E-state index in [4.69, 9.17) is 4.42 Å². The van der Waals surface area contributed by atoms with Crippen LogP contribution in [0, 0.1) is 0 Å². The number of para-hydroxylation sites is 2. The van der Waals surface area contributed by atoms with Gasteiger partial charge in [-0.25, -0.2) is 4.79 Å². The molecule has 4 nitrogen and oxygen atoms in total. The standard InChI is InChI=1S/C16H24N2O2/c1-3-11-17-13(4-2)8-7-12-18-14-9-5-6-10-15(14)20-16(18)19/h5-6,9-10,13,17H,3-4,7-8,11-12H2,1-2H3. The third-order valence-corrected chi connectivity index (χ3v) is 3.68. The van der Waals surface area contributed by atoms with Gasteiger partial charge in [-0.15, -0.1) is 0 Å². The molecule has 1 atom stereocenters. The maximum Gasteiger partial charge on any atom is 0.419 e. The highest BCUT2D eigenvalue weighted by Crippen LogP contribution is 2.13. The summed E-state index contributed by atoms with van der Waals surface area (Å²) in [6.07, 6.45) is 4.35. The fourth-order valence-electron chi connectivity index (χ4n) is 2.52. The molecule has 0 fully saturated rings. The van der Waals surface area contributed by atoms with Crippen molar-refractivity contribution in [1.29, 1.82) is 0 Å². The molecule has 0 amide bonds. The molecule has 1 N–H and O–H groups in total. The molecule has 110 valence electrons. The molecule has 0 bridgehead atoms. The molecule has 0 saturated heterocycles. The van der Waals surface area contributed by atoms with E-state index in [2.05, 4.69) is 19.2 Å². The summed E-state index contributed by atoms with van der Waals surface area (Å²) in [7, 11) is 0. The fraction of sp³-hybridized carbons (Fsp3) is 0.562. The number of oxazole rings is 1. The van der Waals surface area contributed by atoms with Crippen LogP contribution in [-0.2, 0) is 6.54 Å². The molecular formula is C16H24N2O2. The van der Waals surface area contributed by atoms with Crippen LogP contribution in [0.25, 0.3) is 11.1 Å². The Morgan fingerprint density at radius 3 is 2.85 bits per heavy atom. The molecule has 4 heteroatoms. The molecule has 0 radical (unpaired) electrons. The highest BCUT2D eigenvalue weighted by Gasteiger charge is 2.09. The zero-order chi connectivity index (χ0) is 14.4. The van der Waals surface area contributed by atoms with Crippen LogP contribution >= 0.6 is 0 Å². The second kappa shape index (κ2) is 7.29. The van der Waals surface area contributed by atoms with Crippen molar-refractivity contribution in [3.63, 3.8) is 0 Å². The lowest BCUT2D eigenvalue weighted by molar-refractivity contribution is 0.429. The highest BCUT2D eigenvalue weighted by molar-refractivity contribution is 5.72. The normalized spacial score (nSPS) is 12.9. The van der Waals surface area contributed by atoms with E-state index < -0.39 is 0 Å². The number of benzene rings is 1. The van der Waals surface area contributed by atoms with Gasteiger partial charge in [-0.1, -0.05) is 26.0 Å². The van der Waals surface area contributed by atoms with Gasteiger partial charge in [-0.3, -0.25) is 4.57 Å². The highest BCUT2D eigenvalue weighted by atomic mass is 16.4. The van der Waals surface area contributed by atoms with Crippen LogP contribution in [0.5, 0.6) is 0 Å². The van der Waals surface area contributed by atoms with Crippen LogP contribution in [0.3, 0.4) is 0 Å². The molecule has 0 aliphatic rings. The van der Waals surface area contributed by atoms with Crippen LogP contribution in [0.1, 0.15) is 39.5 Å². The van der Waals surface area contributed by atoms with Gasteiger partial charge >= 0.3 is 5.76 Å². The lowest BCUT2D eigenvalue weighted by Crippen LogP contribution is -2.29. The van der Waals surface area contributed by atoms with Gasteiger partial charge in [0, 0.05) is 12.6 Å². The summed E-state index contributed by atoms with van der Waals surface area (Å²) in [5, 5.41) is 3.54. The minimum Gasteiger partial charge on any atom is -0.408 e. The first kappa shape index (κ1) is 14.9. The number of nitrogens with zero attached hydrogens (tertiary/aromatic N) is 1. The third kappa shape index (κ3) is 3.51. The molecule has 20 heavy (non-hydrogen) atoms. The molecule has 1 unspecified atom stereocenters. The third-order valence-electron chi connectivity index (χ3n) is 3.68. The van der Waals surface area contributed by atoms with Crippen molar-refractivity contribution in [2.45, 2.75) is 52.1 Å². The van der Waals surface area contributed by atoms with Gasteiger partial charge in [-0.05, 0) is 44.4 Å². The average molecular weight is 276 g/mol. The van der Waals surface area contributed by atoms with Gasteiger partial charge in [0.1, 0.15) is 0 Å². The van der Waals surface area contributed by atoms with Crippen LogP contribution in [-0.4, -0.2) is 17.2 Å². The van der Waals surface area contributed by atoms with Crippen LogP contribution < -0.4 is 11.1 Å². The number of aromatic nitrogens is 1. The summed E-state index contributed by atoms with van der Waals surface area (Å²) in [6.45, 7) is 6.16. The van der Waals surface area contributed by atoms with E-state index in [0.717, 1.165) is 44.3 Å². The van der Waals surface area contributed by atoms with Crippen molar-refractivity contribution in [3.05, 3.63) is 34.8 Å². The number of nitrogens with one attached hydrogen (secondary N) is 1. The van der Waals surface area contributed by atoms with E-state index in [9.17, 15) is 4.79 Å². The molecule has 1 aromatic heterocycles. The summed E-state index contributed by atoms with van der Waals surface area (Å²) in [4.78, 5) is 11.8. The number of aryl methyl sites for hydroxylation is 1. The van der Waals surface area contributed by atoms with Crippen molar-refractivity contribution >= 4 is 11.1 Å². The van der Waals surface area contributed by atoms with Crippen molar-refractivity contribution in [2.24, 2.45) is 0 Å². The Labute approximate surface area is 119 Å². The first-order chi connectivity index (χ1) is 9.76. The molecule has 1 heterocycles. The molecule has 0 aliphatic carbocycles. The van der Waals surface area contributed by atoms with E-state index in [0.29, 0.717) is 11.6 Å². The number of hydrogen-bond donors (Lipinski definition) is 1. The smallest absolute Gasteiger partial charge is 0.408 e. The molecule has 1 aromatic carbocycles. The number of rotatable bonds is 8. The van der Waals surface area contributed by atoms with Crippen LogP contribution in [0.15, 0.2) is 33.5 Å². The molecule has 0 saturated carbocycles. The van der Waals surface area contributed by atoms with Crippen molar-refractivity contribution in [3.8, 4) is 0 Å². The quantitative estimate of drug-likeness (QED) is 0.805. The Kier molecular flexibility index (Phi) is 5.41. The summed E-state index contributed by atoms with van der Waals surface area (Å²) in [5.41, 5.74) is 1.57. The second-order valence-corrected chi connectivity index (χ2v) is 5.19. The Bertz CT molecular complexity index is 585. The second-order valence-electron chi connectivity index (χ2n) is 5.19. The Morgan fingerprint density at radius 1 is 1.30 bits per heavy atom. The molecular weight excluding hydrogens is 252 g/mol. The van der Waals surface area contributed by atoms with Crippen LogP contribution in [0.4, 0.5) is 0 Å². The van der Waals surface area contributed by atoms with Crippen molar-refractivity contribution < 1.29 is 4.42 Å². The van der Waals surface area contributed by atoms with Gasteiger partial charge in [0.05, 0.1) is 5.52 Å². The zero-order valence-electron chi connectivity index (χ0n) is 12.4. The summed E-state index contributed by atoms with van der Waals surface area (Å²) >= 11 is 0. The number of hydrogen-bond acceptors (Lipinski definition) is 3. The summed E-state index contributed by atoms with van der Waals surface area (Å²) < 4.78 is 6.98. The van der Waals surface area contributed by atoms with Gasteiger partial charge in [0.2, 0.25) is 0 Å². The van der Waals surface area contributed by atoms with Gasteiger partial charge in [0.15, 0.2) is 5.58 Å². The largest absolute Gasteiger partial charge is 0.419 e. The van der Waals surface area contributed by atoms with E-state index in [1.54, 1.807) is 4.57 Å². The predicted molar refractivity (Wildman–Crippen MR) is 82.1 cm³/mol. The summed E-state index contributed by atoms with van der Waals surface area (Å²) in [6, 6.07) is 8.14. The van der Waals surface area contributed by atoms with Gasteiger partial charge in [0.25, 0.3) is 0 Å². The topological polar surface area (TPSA) is 47.2 Å². The van der Waals surface area contributed by atoms with Gasteiger partial charge in [-0.2, -0.15) is 0 Å². The minimum atomic E-state index is -0.249. The van der Waals surface area contributed by atoms with E-state index in [1.165, 1.54) is 0 Å². The lowest BCUT2D eigenvalue weighted by Gasteiger charge is -2.16. The summed E-state index contributed by atoms with van der Waals surface area (Å²) in [5.74, 6) is -0.249. The molecule has 2 aromatic rings. The predicted octanol–water partition coefficient (Wildman–Crippen LogP) is 3.15. The average Bonchev–Trinajstić information content (AvgIpc) is 2.78. The fourth-order valence-corrected chi connectivity index (χ4v) is 2.52. The van der Waals surface area contributed by atoms with Gasteiger partial charge < -0.3 is 9.73 Å². The van der Waals surface area contributed by atoms with E-state index in [-0.39, 0.29) is 5.76 Å². The minimum absolute atomic E-state index is 0.249. The lowest BCUT2D eigenvalue weighted by atomic mass is 10.1. The number of fused-ring (bicyclic) bond motifs is 1. The van der Waals surface area contributed by atoms with E-state index in [1.807, 2.05) is 24.3 Å². The molecule has 0 spiro atoms. The van der Waals surface area contributed by atoms with Crippen LogP contribution in [0.2, 0.25) is 0 Å². The molecule has 2 rings (SSSR count). The maximum absolute atomic E-state index is 11.8. The van der Waals surface area contributed by atoms with Crippen molar-refractivity contribution in [1.82, 2.24) is 9.88 Å². The first-order valence-corrected chi connectivity index (χ1v) is 7.58.